The molecule has 0 bridgehead atoms. The minimum Gasteiger partial charge on any atom is -0.351 e. The Morgan fingerprint density at radius 3 is 2.58 bits per heavy atom. The lowest BCUT2D eigenvalue weighted by Crippen LogP contribution is -2.33. The fraction of sp³-hybridized carbons (Fsp3) is 0.533. The van der Waals surface area contributed by atoms with Gasteiger partial charge in [0, 0.05) is 22.0 Å². The van der Waals surface area contributed by atoms with Crippen molar-refractivity contribution in [3.8, 4) is 0 Å². The van der Waals surface area contributed by atoms with Crippen LogP contribution in [-0.4, -0.2) is 17.3 Å². The lowest BCUT2D eigenvalue weighted by molar-refractivity contribution is 0.0951. The highest BCUT2D eigenvalue weighted by atomic mass is 79.9. The second-order valence-electron chi connectivity index (χ2n) is 4.71. The molecule has 0 aromatic heterocycles. The molecule has 2 nitrogen and oxygen atoms in total. The average Bonchev–Trinajstić information content (AvgIpc) is 2.40. The molecule has 0 saturated heterocycles. The Kier molecular flexibility index (Phi) is 6.87. The third-order valence-electron chi connectivity index (χ3n) is 3.53. The van der Waals surface area contributed by atoms with Crippen LogP contribution >= 0.6 is 27.5 Å². The third kappa shape index (κ3) is 4.50. The van der Waals surface area contributed by atoms with Gasteiger partial charge in [0.2, 0.25) is 0 Å². The molecule has 0 saturated carbocycles. The van der Waals surface area contributed by atoms with E-state index in [1.54, 1.807) is 18.2 Å². The van der Waals surface area contributed by atoms with Gasteiger partial charge in [-0.3, -0.25) is 4.79 Å². The fourth-order valence-corrected chi connectivity index (χ4v) is 3.19. The summed E-state index contributed by atoms with van der Waals surface area (Å²) in [7, 11) is 0. The van der Waals surface area contributed by atoms with Gasteiger partial charge in [0.15, 0.2) is 0 Å². The summed E-state index contributed by atoms with van der Waals surface area (Å²) in [4.78, 5) is 12.4. The van der Waals surface area contributed by atoms with E-state index in [0.29, 0.717) is 27.9 Å². The van der Waals surface area contributed by atoms with Gasteiger partial charge in [0.25, 0.3) is 5.91 Å². The molecule has 1 amide bonds. The molecule has 0 spiro atoms. The first kappa shape index (κ1) is 16.5. The van der Waals surface area contributed by atoms with Crippen LogP contribution in [0.2, 0.25) is 5.02 Å². The predicted molar refractivity (Wildman–Crippen MR) is 85.3 cm³/mol. The van der Waals surface area contributed by atoms with Gasteiger partial charge in [-0.05, 0) is 30.5 Å². The van der Waals surface area contributed by atoms with Crippen molar-refractivity contribution >= 4 is 33.4 Å². The van der Waals surface area contributed by atoms with Crippen LogP contribution in [0.4, 0.5) is 0 Å². The van der Waals surface area contributed by atoms with Gasteiger partial charge in [-0.25, -0.2) is 0 Å². The number of halogens is 2. The van der Waals surface area contributed by atoms with Gasteiger partial charge in [0.05, 0.1) is 0 Å². The van der Waals surface area contributed by atoms with Gasteiger partial charge in [-0.15, -0.1) is 0 Å². The molecule has 0 radical (unpaired) electrons. The van der Waals surface area contributed by atoms with Gasteiger partial charge in [0.1, 0.15) is 0 Å². The van der Waals surface area contributed by atoms with E-state index in [2.05, 4.69) is 35.1 Å². The maximum Gasteiger partial charge on any atom is 0.251 e. The highest BCUT2D eigenvalue weighted by Crippen LogP contribution is 2.21. The number of hydrogen-bond acceptors (Lipinski definition) is 1. The molecule has 1 N–H and O–H groups in total. The maximum atomic E-state index is 12.1. The first-order valence-electron chi connectivity index (χ1n) is 6.68. The SMILES string of the molecule is CCC(CC)C(Br)CNC(=O)c1cccc(Cl)c1C. The van der Waals surface area contributed by atoms with Crippen LogP contribution in [0.25, 0.3) is 0 Å². The van der Waals surface area contributed by atoms with Crippen molar-refractivity contribution in [2.45, 2.75) is 38.4 Å². The summed E-state index contributed by atoms with van der Waals surface area (Å²) in [6, 6.07) is 5.40. The van der Waals surface area contributed by atoms with Crippen LogP contribution in [0.1, 0.15) is 42.6 Å². The molecule has 106 valence electrons. The molecule has 1 atom stereocenters. The summed E-state index contributed by atoms with van der Waals surface area (Å²) in [5.41, 5.74) is 1.48. The summed E-state index contributed by atoms with van der Waals surface area (Å²) >= 11 is 9.68. The number of rotatable bonds is 6. The van der Waals surface area contributed by atoms with Crippen LogP contribution in [0.5, 0.6) is 0 Å². The number of amides is 1. The van der Waals surface area contributed by atoms with Crippen molar-refractivity contribution in [3.63, 3.8) is 0 Å². The van der Waals surface area contributed by atoms with E-state index in [0.717, 1.165) is 18.4 Å². The molecule has 0 fully saturated rings. The number of benzene rings is 1. The Hall–Kier alpha value is -0.540. The zero-order valence-corrected chi connectivity index (χ0v) is 14.0. The molecule has 1 rings (SSSR count). The van der Waals surface area contributed by atoms with E-state index in [4.69, 9.17) is 11.6 Å². The second-order valence-corrected chi connectivity index (χ2v) is 6.30. The Labute approximate surface area is 129 Å². The molecule has 4 heteroatoms. The van der Waals surface area contributed by atoms with E-state index in [9.17, 15) is 4.79 Å². The minimum absolute atomic E-state index is 0.0598. The highest BCUT2D eigenvalue weighted by Gasteiger charge is 2.17. The van der Waals surface area contributed by atoms with Crippen molar-refractivity contribution in [1.29, 1.82) is 0 Å². The number of hydrogen-bond donors (Lipinski definition) is 1. The summed E-state index contributed by atoms with van der Waals surface area (Å²) < 4.78 is 0. The Bertz CT molecular complexity index is 432. The van der Waals surface area contributed by atoms with Gasteiger partial charge in [-0.2, -0.15) is 0 Å². The normalized spacial score (nSPS) is 12.5. The first-order valence-corrected chi connectivity index (χ1v) is 7.97. The van der Waals surface area contributed by atoms with Crippen molar-refractivity contribution in [2.75, 3.05) is 6.54 Å². The molecular formula is C15H21BrClNO. The molecular weight excluding hydrogens is 326 g/mol. The number of carbonyl (C=O) groups excluding carboxylic acids is 1. The van der Waals surface area contributed by atoms with Crippen molar-refractivity contribution < 1.29 is 4.79 Å². The fourth-order valence-electron chi connectivity index (χ4n) is 2.11. The topological polar surface area (TPSA) is 29.1 Å². The zero-order valence-electron chi connectivity index (χ0n) is 11.7. The molecule has 0 aliphatic carbocycles. The van der Waals surface area contributed by atoms with Gasteiger partial charge < -0.3 is 5.32 Å². The van der Waals surface area contributed by atoms with Gasteiger partial charge >= 0.3 is 0 Å². The Morgan fingerprint density at radius 1 is 1.37 bits per heavy atom. The molecule has 19 heavy (non-hydrogen) atoms. The summed E-state index contributed by atoms with van der Waals surface area (Å²) in [5.74, 6) is 0.524. The third-order valence-corrected chi connectivity index (χ3v) is 5.01. The van der Waals surface area contributed by atoms with Crippen molar-refractivity contribution in [2.24, 2.45) is 5.92 Å². The standard InChI is InChI=1S/C15H21BrClNO/c1-4-11(5-2)13(16)9-18-15(19)12-7-6-8-14(17)10(12)3/h6-8,11,13H,4-5,9H2,1-3H3,(H,18,19). The first-order chi connectivity index (χ1) is 9.01. The van der Waals surface area contributed by atoms with E-state index < -0.39 is 0 Å². The lowest BCUT2D eigenvalue weighted by Gasteiger charge is -2.20. The zero-order chi connectivity index (χ0) is 14.4. The molecule has 0 aliphatic rings. The summed E-state index contributed by atoms with van der Waals surface area (Å²) in [6.45, 7) is 6.84. The second kappa shape index (κ2) is 7.91. The van der Waals surface area contributed by atoms with E-state index in [1.807, 2.05) is 6.92 Å². The quantitative estimate of drug-likeness (QED) is 0.751. The van der Waals surface area contributed by atoms with E-state index >= 15 is 0 Å². The van der Waals surface area contributed by atoms with Crippen LogP contribution in [0.15, 0.2) is 18.2 Å². The van der Waals surface area contributed by atoms with Crippen molar-refractivity contribution in [1.82, 2.24) is 5.32 Å². The number of nitrogens with one attached hydrogen (secondary N) is 1. The Balaban J connectivity index is 2.63. The van der Waals surface area contributed by atoms with Crippen LogP contribution in [0.3, 0.4) is 0 Å². The highest BCUT2D eigenvalue weighted by molar-refractivity contribution is 9.09. The largest absolute Gasteiger partial charge is 0.351 e. The van der Waals surface area contributed by atoms with Crippen molar-refractivity contribution in [3.05, 3.63) is 34.3 Å². The minimum atomic E-state index is -0.0598. The maximum absolute atomic E-state index is 12.1. The monoisotopic (exact) mass is 345 g/mol. The molecule has 0 aliphatic heterocycles. The predicted octanol–water partition coefficient (Wildman–Crippen LogP) is 4.58. The van der Waals surface area contributed by atoms with Gasteiger partial charge in [-0.1, -0.05) is 60.3 Å². The molecule has 1 aromatic rings. The Morgan fingerprint density at radius 2 is 2.00 bits per heavy atom. The van der Waals surface area contributed by atoms with E-state index in [1.165, 1.54) is 0 Å². The lowest BCUT2D eigenvalue weighted by atomic mass is 9.99. The summed E-state index contributed by atoms with van der Waals surface area (Å²) in [6.07, 6.45) is 2.22. The smallest absolute Gasteiger partial charge is 0.251 e. The van der Waals surface area contributed by atoms with Crippen LogP contribution in [-0.2, 0) is 0 Å². The average molecular weight is 347 g/mol. The van der Waals surface area contributed by atoms with E-state index in [-0.39, 0.29) is 5.91 Å². The molecule has 1 aromatic carbocycles. The van der Waals surface area contributed by atoms with Crippen LogP contribution < -0.4 is 5.32 Å². The molecule has 0 heterocycles. The molecule has 1 unspecified atom stereocenters. The number of alkyl halides is 1. The summed E-state index contributed by atoms with van der Waals surface area (Å²) in [5, 5.41) is 3.60. The van der Waals surface area contributed by atoms with Crippen LogP contribution in [0, 0.1) is 12.8 Å². The number of carbonyl (C=O) groups is 1.